The van der Waals surface area contributed by atoms with Crippen molar-refractivity contribution in [3.05, 3.63) is 69.3 Å². The molecule has 0 saturated heterocycles. The van der Waals surface area contributed by atoms with Gasteiger partial charge in [-0.1, -0.05) is 25.8 Å². The summed E-state index contributed by atoms with van der Waals surface area (Å²) in [6.45, 7) is 4.59. The second kappa shape index (κ2) is 11.8. The van der Waals surface area contributed by atoms with Gasteiger partial charge in [-0.25, -0.2) is 0 Å². The second-order valence-electron chi connectivity index (χ2n) is 8.36. The number of carbonyl (C=O) groups excluding carboxylic acids is 1. The van der Waals surface area contributed by atoms with Crippen LogP contribution in [-0.2, 0) is 11.4 Å². The second-order valence-corrected chi connectivity index (χ2v) is 8.36. The average molecular weight is 464 g/mol. The van der Waals surface area contributed by atoms with Crippen molar-refractivity contribution in [1.82, 2.24) is 5.32 Å². The summed E-state index contributed by atoms with van der Waals surface area (Å²) in [5.41, 5.74) is 1.48. The third kappa shape index (κ3) is 6.58. The minimum atomic E-state index is -0.449. The lowest BCUT2D eigenvalue weighted by molar-refractivity contribution is -0.384. The van der Waals surface area contributed by atoms with Crippen LogP contribution in [0.15, 0.2) is 48.0 Å². The molecule has 178 valence electrons. The first-order valence-corrected chi connectivity index (χ1v) is 11.5. The number of nitrogens with zero attached hydrogens (tertiary/aromatic N) is 2. The Bertz CT molecular complexity index is 1090. The Balaban J connectivity index is 1.72. The van der Waals surface area contributed by atoms with Crippen LogP contribution in [0.3, 0.4) is 0 Å². The topological polar surface area (TPSA) is 114 Å². The van der Waals surface area contributed by atoms with Crippen molar-refractivity contribution in [2.24, 2.45) is 5.92 Å². The molecular weight excluding hydrogens is 434 g/mol. The van der Waals surface area contributed by atoms with Gasteiger partial charge in [0.2, 0.25) is 0 Å². The van der Waals surface area contributed by atoms with Gasteiger partial charge < -0.3 is 14.8 Å². The van der Waals surface area contributed by atoms with E-state index in [9.17, 15) is 20.2 Å². The van der Waals surface area contributed by atoms with E-state index in [0.717, 1.165) is 24.8 Å². The van der Waals surface area contributed by atoms with Crippen LogP contribution in [0.4, 0.5) is 5.69 Å². The van der Waals surface area contributed by atoms with E-state index in [1.807, 2.05) is 13.0 Å². The highest BCUT2D eigenvalue weighted by Crippen LogP contribution is 2.30. The molecule has 0 aromatic heterocycles. The highest BCUT2D eigenvalue weighted by Gasteiger charge is 2.24. The van der Waals surface area contributed by atoms with E-state index in [0.29, 0.717) is 29.6 Å². The largest absolute Gasteiger partial charge is 0.490 e. The fraction of sp³-hybridized carbons (Fsp3) is 0.385. The first-order valence-electron chi connectivity index (χ1n) is 11.5. The van der Waals surface area contributed by atoms with E-state index in [4.69, 9.17) is 9.47 Å². The van der Waals surface area contributed by atoms with Crippen molar-refractivity contribution in [2.45, 2.75) is 52.2 Å². The van der Waals surface area contributed by atoms with Crippen LogP contribution >= 0.6 is 0 Å². The van der Waals surface area contributed by atoms with Crippen molar-refractivity contribution in [2.75, 3.05) is 6.61 Å². The van der Waals surface area contributed by atoms with Crippen LogP contribution in [-0.4, -0.2) is 23.5 Å². The highest BCUT2D eigenvalue weighted by molar-refractivity contribution is 6.01. The molecule has 0 radical (unpaired) electrons. The molecule has 8 heteroatoms. The molecule has 1 amide bonds. The lowest BCUT2D eigenvalue weighted by Crippen LogP contribution is -2.41. The lowest BCUT2D eigenvalue weighted by atomic mass is 9.86. The zero-order valence-electron chi connectivity index (χ0n) is 19.5. The first kappa shape index (κ1) is 24.8. The van der Waals surface area contributed by atoms with Gasteiger partial charge in [-0.05, 0) is 67.2 Å². The third-order valence-corrected chi connectivity index (χ3v) is 5.91. The van der Waals surface area contributed by atoms with Gasteiger partial charge in [0.15, 0.2) is 11.5 Å². The minimum Gasteiger partial charge on any atom is -0.490 e. The number of rotatable bonds is 9. The average Bonchev–Trinajstić information content (AvgIpc) is 2.83. The Hall–Kier alpha value is -3.86. The smallest absolute Gasteiger partial charge is 0.269 e. The molecule has 1 saturated carbocycles. The fourth-order valence-corrected chi connectivity index (χ4v) is 3.97. The zero-order valence-corrected chi connectivity index (χ0v) is 19.5. The van der Waals surface area contributed by atoms with Crippen molar-refractivity contribution < 1.29 is 19.2 Å². The summed E-state index contributed by atoms with van der Waals surface area (Å²) in [6.07, 6.45) is 5.81. The van der Waals surface area contributed by atoms with Crippen molar-refractivity contribution in [3.8, 4) is 17.6 Å². The normalized spacial score (nSPS) is 18.0. The van der Waals surface area contributed by atoms with Crippen molar-refractivity contribution in [1.29, 1.82) is 5.26 Å². The Kier molecular flexibility index (Phi) is 8.63. The Morgan fingerprint density at radius 2 is 1.91 bits per heavy atom. The van der Waals surface area contributed by atoms with Gasteiger partial charge in [-0.3, -0.25) is 14.9 Å². The van der Waals surface area contributed by atoms with Crippen molar-refractivity contribution >= 4 is 17.7 Å². The summed E-state index contributed by atoms with van der Waals surface area (Å²) in [7, 11) is 0. The standard InChI is InChI=1S/C26H29N3O5/c1-3-33-25-15-20(14-21(16-27)26(30)28-23-7-5-4-6-18(23)2)10-13-24(25)34-17-19-8-11-22(12-9-19)29(31)32/h8-15,18,23H,3-7,17H2,1-2H3,(H,28,30)/b21-14+/t18-,23+/m1/s1. The molecule has 2 atom stereocenters. The van der Waals surface area contributed by atoms with E-state index in [1.54, 1.807) is 36.4 Å². The highest BCUT2D eigenvalue weighted by atomic mass is 16.6. The number of nitro benzene ring substituents is 1. The zero-order chi connectivity index (χ0) is 24.5. The number of hydrogen-bond donors (Lipinski definition) is 1. The maximum atomic E-state index is 12.7. The Morgan fingerprint density at radius 3 is 2.56 bits per heavy atom. The minimum absolute atomic E-state index is 0.0187. The number of non-ortho nitro benzene ring substituents is 1. The van der Waals surface area contributed by atoms with E-state index in [-0.39, 0.29) is 29.8 Å². The maximum Gasteiger partial charge on any atom is 0.269 e. The van der Waals surface area contributed by atoms with Gasteiger partial charge in [-0.15, -0.1) is 0 Å². The van der Waals surface area contributed by atoms with Crippen LogP contribution in [0, 0.1) is 27.4 Å². The molecule has 0 aliphatic heterocycles. The van der Waals surface area contributed by atoms with Crippen LogP contribution in [0.1, 0.15) is 50.7 Å². The number of hydrogen-bond acceptors (Lipinski definition) is 6. The number of benzene rings is 2. The van der Waals surface area contributed by atoms with Crippen LogP contribution in [0.2, 0.25) is 0 Å². The molecule has 0 heterocycles. The Labute approximate surface area is 199 Å². The predicted octanol–water partition coefficient (Wildman–Crippen LogP) is 5.17. The van der Waals surface area contributed by atoms with Gasteiger partial charge in [0.1, 0.15) is 18.2 Å². The molecular formula is C26H29N3O5. The maximum absolute atomic E-state index is 12.7. The summed E-state index contributed by atoms with van der Waals surface area (Å²) in [6, 6.07) is 13.4. The molecule has 1 aliphatic rings. The van der Waals surface area contributed by atoms with Crippen molar-refractivity contribution in [3.63, 3.8) is 0 Å². The molecule has 3 rings (SSSR count). The molecule has 34 heavy (non-hydrogen) atoms. The number of amides is 1. The van der Waals surface area contributed by atoms with Gasteiger partial charge >= 0.3 is 0 Å². The number of ether oxygens (including phenoxy) is 2. The third-order valence-electron chi connectivity index (χ3n) is 5.91. The van der Waals surface area contributed by atoms with E-state index in [2.05, 4.69) is 12.2 Å². The van der Waals surface area contributed by atoms with Gasteiger partial charge in [-0.2, -0.15) is 5.26 Å². The molecule has 2 aromatic carbocycles. The van der Waals surface area contributed by atoms with E-state index < -0.39 is 4.92 Å². The predicted molar refractivity (Wildman–Crippen MR) is 128 cm³/mol. The molecule has 1 fully saturated rings. The quantitative estimate of drug-likeness (QED) is 0.237. The van der Waals surface area contributed by atoms with Crippen LogP contribution in [0.5, 0.6) is 11.5 Å². The van der Waals surface area contributed by atoms with Crippen LogP contribution in [0.25, 0.3) is 6.08 Å². The number of nitriles is 1. The van der Waals surface area contributed by atoms with Gasteiger partial charge in [0.05, 0.1) is 11.5 Å². The number of carbonyl (C=O) groups is 1. The number of nitrogens with one attached hydrogen (secondary N) is 1. The van der Waals surface area contributed by atoms with Gasteiger partial charge in [0, 0.05) is 18.2 Å². The van der Waals surface area contributed by atoms with Crippen LogP contribution < -0.4 is 14.8 Å². The van der Waals surface area contributed by atoms with E-state index >= 15 is 0 Å². The Morgan fingerprint density at radius 1 is 1.18 bits per heavy atom. The monoisotopic (exact) mass is 463 g/mol. The summed E-state index contributed by atoms with van der Waals surface area (Å²) in [4.78, 5) is 23.0. The SMILES string of the molecule is CCOc1cc(/C=C(\C#N)C(=O)N[C@H]2CCCC[C@H]2C)ccc1OCc1ccc([N+](=O)[O-])cc1. The first-order chi connectivity index (χ1) is 16.4. The molecule has 0 bridgehead atoms. The molecule has 0 unspecified atom stereocenters. The van der Waals surface area contributed by atoms with Gasteiger partial charge in [0.25, 0.3) is 11.6 Å². The summed E-state index contributed by atoms with van der Waals surface area (Å²) >= 11 is 0. The fourth-order valence-electron chi connectivity index (χ4n) is 3.97. The lowest BCUT2D eigenvalue weighted by Gasteiger charge is -2.29. The van der Waals surface area contributed by atoms with E-state index in [1.165, 1.54) is 18.6 Å². The summed E-state index contributed by atoms with van der Waals surface area (Å²) < 4.78 is 11.6. The molecule has 1 aliphatic carbocycles. The number of nitro groups is 1. The molecule has 2 aromatic rings. The summed E-state index contributed by atoms with van der Waals surface area (Å²) in [5.74, 6) is 1.01. The summed E-state index contributed by atoms with van der Waals surface area (Å²) in [5, 5.41) is 23.4. The molecule has 0 spiro atoms. The molecule has 1 N–H and O–H groups in total. The molecule has 8 nitrogen and oxygen atoms in total.